The molecule has 0 aliphatic heterocycles. The Morgan fingerprint density at radius 2 is 2.33 bits per heavy atom. The van der Waals surface area contributed by atoms with Crippen LogP contribution in [-0.4, -0.2) is 6.29 Å². The number of rotatable bonds is 4. The average molecular weight is 196 g/mol. The third-order valence-electron chi connectivity index (χ3n) is 1.18. The van der Waals surface area contributed by atoms with E-state index >= 15 is 0 Å². The molecule has 62 valence electrons. The minimum atomic E-state index is 0.494. The maximum absolute atomic E-state index is 10.3. The molecule has 0 N–H and O–H groups in total. The van der Waals surface area contributed by atoms with Crippen LogP contribution < -0.4 is 0 Å². The SMILES string of the molecule is C=C(C=O)SC(=C)c1cccs1. The van der Waals surface area contributed by atoms with Gasteiger partial charge in [-0.1, -0.05) is 31.0 Å². The molecule has 0 aromatic carbocycles. The van der Waals surface area contributed by atoms with Crippen molar-refractivity contribution in [3.05, 3.63) is 40.5 Å². The summed E-state index contributed by atoms with van der Waals surface area (Å²) in [6, 6.07) is 3.92. The number of carbonyl (C=O) groups excluding carboxylic acids is 1. The van der Waals surface area contributed by atoms with Gasteiger partial charge in [0.2, 0.25) is 0 Å². The second kappa shape index (κ2) is 4.28. The lowest BCUT2D eigenvalue weighted by atomic mass is 10.5. The van der Waals surface area contributed by atoms with E-state index in [0.717, 1.165) is 16.1 Å². The van der Waals surface area contributed by atoms with Crippen molar-refractivity contribution in [2.24, 2.45) is 0 Å². The predicted molar refractivity (Wildman–Crippen MR) is 56.1 cm³/mol. The van der Waals surface area contributed by atoms with E-state index < -0.39 is 0 Å². The minimum absolute atomic E-state index is 0.494. The smallest absolute Gasteiger partial charge is 0.156 e. The standard InChI is InChI=1S/C9H8OS2/c1-7(6-10)12-8(2)9-4-3-5-11-9/h3-6H,1-2H2. The fourth-order valence-electron chi connectivity index (χ4n) is 0.670. The van der Waals surface area contributed by atoms with Gasteiger partial charge < -0.3 is 0 Å². The third kappa shape index (κ3) is 2.36. The molecule has 12 heavy (non-hydrogen) atoms. The Kier molecular flexibility index (Phi) is 3.31. The Balaban J connectivity index is 2.62. The van der Waals surface area contributed by atoms with Crippen LogP contribution in [0.1, 0.15) is 4.88 Å². The van der Waals surface area contributed by atoms with Crippen molar-refractivity contribution in [3.63, 3.8) is 0 Å². The van der Waals surface area contributed by atoms with Gasteiger partial charge in [-0.3, -0.25) is 4.79 Å². The van der Waals surface area contributed by atoms with E-state index in [0.29, 0.717) is 4.91 Å². The van der Waals surface area contributed by atoms with Crippen LogP contribution in [0.25, 0.3) is 4.91 Å². The Bertz CT molecular complexity index is 298. The molecule has 1 heterocycles. The predicted octanol–water partition coefficient (Wildman–Crippen LogP) is 3.16. The molecular formula is C9H8OS2. The lowest BCUT2D eigenvalue weighted by Crippen LogP contribution is -1.75. The van der Waals surface area contributed by atoms with Crippen LogP contribution in [-0.2, 0) is 4.79 Å². The van der Waals surface area contributed by atoms with E-state index in [2.05, 4.69) is 13.2 Å². The zero-order valence-electron chi connectivity index (χ0n) is 6.45. The largest absolute Gasteiger partial charge is 0.297 e. The molecule has 0 saturated heterocycles. The summed E-state index contributed by atoms with van der Waals surface area (Å²) in [6.45, 7) is 7.40. The number of carbonyl (C=O) groups is 1. The zero-order valence-corrected chi connectivity index (χ0v) is 8.08. The van der Waals surface area contributed by atoms with Gasteiger partial charge in [-0.2, -0.15) is 0 Å². The van der Waals surface area contributed by atoms with Crippen molar-refractivity contribution in [2.75, 3.05) is 0 Å². The summed E-state index contributed by atoms with van der Waals surface area (Å²) in [5, 5.41) is 1.98. The minimum Gasteiger partial charge on any atom is -0.297 e. The first-order valence-electron chi connectivity index (χ1n) is 3.28. The van der Waals surface area contributed by atoms with E-state index in [9.17, 15) is 4.79 Å². The second-order valence-corrected chi connectivity index (χ2v) is 4.26. The van der Waals surface area contributed by atoms with Gasteiger partial charge in [-0.15, -0.1) is 11.3 Å². The molecule has 3 heteroatoms. The van der Waals surface area contributed by atoms with Crippen LogP contribution in [0, 0.1) is 0 Å². The Labute approximate surface area is 79.8 Å². The molecule has 1 aromatic heterocycles. The van der Waals surface area contributed by atoms with Crippen LogP contribution in [0.2, 0.25) is 0 Å². The van der Waals surface area contributed by atoms with Crippen LogP contribution in [0.15, 0.2) is 35.6 Å². The van der Waals surface area contributed by atoms with Crippen LogP contribution >= 0.6 is 23.1 Å². The first-order valence-corrected chi connectivity index (χ1v) is 4.98. The highest BCUT2D eigenvalue weighted by molar-refractivity contribution is 8.12. The molecule has 0 aliphatic carbocycles. The molecule has 0 amide bonds. The molecule has 0 spiro atoms. The van der Waals surface area contributed by atoms with Crippen molar-refractivity contribution in [2.45, 2.75) is 0 Å². The summed E-state index contributed by atoms with van der Waals surface area (Å²) in [6.07, 6.45) is 0.740. The second-order valence-electron chi connectivity index (χ2n) is 2.09. The van der Waals surface area contributed by atoms with Gasteiger partial charge in [0.05, 0.1) is 0 Å². The molecular weight excluding hydrogens is 188 g/mol. The summed E-state index contributed by atoms with van der Waals surface area (Å²) in [4.78, 5) is 12.7. The number of allylic oxidation sites excluding steroid dienone is 1. The molecule has 0 bridgehead atoms. The fourth-order valence-corrected chi connectivity index (χ4v) is 2.06. The third-order valence-corrected chi connectivity index (χ3v) is 3.07. The lowest BCUT2D eigenvalue weighted by Gasteiger charge is -1.98. The van der Waals surface area contributed by atoms with Gasteiger partial charge in [-0.05, 0) is 11.4 Å². The summed E-state index contributed by atoms with van der Waals surface area (Å²) in [5.74, 6) is 0. The average Bonchev–Trinajstić information content (AvgIpc) is 2.56. The van der Waals surface area contributed by atoms with Crippen LogP contribution in [0.5, 0.6) is 0 Å². The van der Waals surface area contributed by atoms with Gasteiger partial charge in [-0.25, -0.2) is 0 Å². The van der Waals surface area contributed by atoms with E-state index in [1.807, 2.05) is 17.5 Å². The fraction of sp³-hybridized carbons (Fsp3) is 0. The number of aldehydes is 1. The van der Waals surface area contributed by atoms with Gasteiger partial charge in [0.25, 0.3) is 0 Å². The van der Waals surface area contributed by atoms with Crippen molar-refractivity contribution in [1.82, 2.24) is 0 Å². The number of hydrogen-bond donors (Lipinski definition) is 0. The topological polar surface area (TPSA) is 17.1 Å². The highest BCUT2D eigenvalue weighted by atomic mass is 32.2. The molecule has 0 radical (unpaired) electrons. The van der Waals surface area contributed by atoms with Crippen molar-refractivity contribution >= 4 is 34.3 Å². The Morgan fingerprint density at radius 1 is 1.58 bits per heavy atom. The van der Waals surface area contributed by atoms with Gasteiger partial charge in [0.15, 0.2) is 6.29 Å². The highest BCUT2D eigenvalue weighted by Crippen LogP contribution is 2.32. The zero-order chi connectivity index (χ0) is 8.97. The maximum atomic E-state index is 10.3. The summed E-state index contributed by atoms with van der Waals surface area (Å²) >= 11 is 2.92. The molecule has 1 nitrogen and oxygen atoms in total. The monoisotopic (exact) mass is 196 g/mol. The Morgan fingerprint density at radius 3 is 2.83 bits per heavy atom. The molecule has 1 aromatic rings. The molecule has 1 rings (SSSR count). The van der Waals surface area contributed by atoms with Gasteiger partial charge >= 0.3 is 0 Å². The van der Waals surface area contributed by atoms with E-state index in [4.69, 9.17) is 0 Å². The molecule has 0 fully saturated rings. The molecule has 0 aliphatic rings. The lowest BCUT2D eigenvalue weighted by molar-refractivity contribution is -0.104. The maximum Gasteiger partial charge on any atom is 0.156 e. The van der Waals surface area contributed by atoms with E-state index in [-0.39, 0.29) is 0 Å². The molecule has 0 saturated carbocycles. The summed E-state index contributed by atoms with van der Waals surface area (Å²) in [5.41, 5.74) is 0. The normalized spacial score (nSPS) is 9.33. The quantitative estimate of drug-likeness (QED) is 0.543. The van der Waals surface area contributed by atoms with Crippen molar-refractivity contribution < 1.29 is 4.79 Å². The summed E-state index contributed by atoms with van der Waals surface area (Å²) < 4.78 is 0. The molecule has 0 unspecified atom stereocenters. The van der Waals surface area contributed by atoms with E-state index in [1.54, 1.807) is 11.3 Å². The van der Waals surface area contributed by atoms with Crippen molar-refractivity contribution in [1.29, 1.82) is 0 Å². The van der Waals surface area contributed by atoms with Gasteiger partial charge in [0, 0.05) is 14.7 Å². The highest BCUT2D eigenvalue weighted by Gasteiger charge is 2.01. The van der Waals surface area contributed by atoms with Crippen molar-refractivity contribution in [3.8, 4) is 0 Å². The van der Waals surface area contributed by atoms with Crippen LogP contribution in [0.3, 0.4) is 0 Å². The number of thiophene rings is 1. The first kappa shape index (κ1) is 9.29. The summed E-state index contributed by atoms with van der Waals surface area (Å²) in [7, 11) is 0. The first-order chi connectivity index (χ1) is 5.74. The van der Waals surface area contributed by atoms with E-state index in [1.165, 1.54) is 11.8 Å². The molecule has 0 atom stereocenters. The van der Waals surface area contributed by atoms with Crippen LogP contribution in [0.4, 0.5) is 0 Å². The van der Waals surface area contributed by atoms with Gasteiger partial charge in [0.1, 0.15) is 0 Å². The Hall–Kier alpha value is -0.800. The number of thioether (sulfide) groups is 1. The number of hydrogen-bond acceptors (Lipinski definition) is 3.